The number of hydrogen-bond acceptors (Lipinski definition) is 4. The zero-order valence-corrected chi connectivity index (χ0v) is 12.3. The highest BCUT2D eigenvalue weighted by Gasteiger charge is 2.10. The second kappa shape index (κ2) is 7.74. The molecule has 0 aliphatic heterocycles. The topological polar surface area (TPSA) is 57.3 Å². The van der Waals surface area contributed by atoms with Gasteiger partial charge in [-0.1, -0.05) is 6.92 Å². The van der Waals surface area contributed by atoms with Gasteiger partial charge in [-0.3, -0.25) is 4.79 Å². The number of nitrogens with zero attached hydrogens (tertiary/aromatic N) is 2. The Morgan fingerprint density at radius 1 is 1.37 bits per heavy atom. The van der Waals surface area contributed by atoms with Gasteiger partial charge >= 0.3 is 0 Å². The normalized spacial score (nSPS) is 10.3. The molecule has 5 nitrogen and oxygen atoms in total. The van der Waals surface area contributed by atoms with Crippen LogP contribution in [0, 0.1) is 6.92 Å². The lowest BCUT2D eigenvalue weighted by Crippen LogP contribution is -2.35. The standard InChI is InChI=1S/C14H24N4O/c1-5-15-8-12-7-11(3)14(17-9-12)18(4)10-13(19)16-6-2/h7,9,15H,5-6,8,10H2,1-4H3,(H,16,19). The number of amides is 1. The lowest BCUT2D eigenvalue weighted by Gasteiger charge is -2.20. The zero-order chi connectivity index (χ0) is 14.3. The molecule has 0 radical (unpaired) electrons. The van der Waals surface area contributed by atoms with Crippen LogP contribution >= 0.6 is 0 Å². The number of likely N-dealkylation sites (N-methyl/N-ethyl adjacent to an activating group) is 2. The first-order chi connectivity index (χ1) is 9.08. The van der Waals surface area contributed by atoms with E-state index in [1.54, 1.807) is 0 Å². The molecule has 106 valence electrons. The second-order valence-corrected chi connectivity index (χ2v) is 4.57. The van der Waals surface area contributed by atoms with E-state index in [2.05, 4.69) is 28.6 Å². The zero-order valence-electron chi connectivity index (χ0n) is 12.3. The highest BCUT2D eigenvalue weighted by Crippen LogP contribution is 2.16. The fourth-order valence-corrected chi connectivity index (χ4v) is 1.93. The summed E-state index contributed by atoms with van der Waals surface area (Å²) in [5, 5.41) is 6.06. The molecular weight excluding hydrogens is 240 g/mol. The SMILES string of the molecule is CCNCc1cnc(N(C)CC(=O)NCC)c(C)c1. The summed E-state index contributed by atoms with van der Waals surface area (Å²) in [6, 6.07) is 2.11. The molecule has 0 aliphatic carbocycles. The van der Waals surface area contributed by atoms with E-state index in [-0.39, 0.29) is 5.91 Å². The van der Waals surface area contributed by atoms with Gasteiger partial charge in [0.2, 0.25) is 5.91 Å². The molecule has 0 atom stereocenters. The Balaban J connectivity index is 2.69. The average molecular weight is 264 g/mol. The lowest BCUT2D eigenvalue weighted by atomic mass is 10.2. The van der Waals surface area contributed by atoms with Gasteiger partial charge in [0.1, 0.15) is 5.82 Å². The van der Waals surface area contributed by atoms with Crippen molar-refractivity contribution >= 4 is 11.7 Å². The van der Waals surface area contributed by atoms with E-state index in [1.165, 1.54) is 0 Å². The van der Waals surface area contributed by atoms with E-state index in [0.29, 0.717) is 13.1 Å². The maximum atomic E-state index is 11.6. The van der Waals surface area contributed by atoms with Gasteiger partial charge in [-0.2, -0.15) is 0 Å². The van der Waals surface area contributed by atoms with Gasteiger partial charge in [-0.05, 0) is 37.6 Å². The largest absolute Gasteiger partial charge is 0.355 e. The van der Waals surface area contributed by atoms with Gasteiger partial charge in [-0.15, -0.1) is 0 Å². The Morgan fingerprint density at radius 3 is 2.68 bits per heavy atom. The van der Waals surface area contributed by atoms with Gasteiger partial charge in [0, 0.05) is 26.3 Å². The van der Waals surface area contributed by atoms with Crippen molar-refractivity contribution in [3.63, 3.8) is 0 Å². The summed E-state index contributed by atoms with van der Waals surface area (Å²) < 4.78 is 0. The van der Waals surface area contributed by atoms with Crippen molar-refractivity contribution in [1.82, 2.24) is 15.6 Å². The molecule has 1 rings (SSSR count). The molecule has 0 spiro atoms. The van der Waals surface area contributed by atoms with Gasteiger partial charge < -0.3 is 15.5 Å². The predicted octanol–water partition coefficient (Wildman–Crippen LogP) is 1.07. The number of pyridine rings is 1. The van der Waals surface area contributed by atoms with E-state index in [4.69, 9.17) is 0 Å². The molecule has 0 saturated heterocycles. The molecule has 1 aromatic heterocycles. The highest BCUT2D eigenvalue weighted by atomic mass is 16.2. The van der Waals surface area contributed by atoms with Crippen molar-refractivity contribution in [1.29, 1.82) is 0 Å². The first-order valence-electron chi connectivity index (χ1n) is 6.72. The Kier molecular flexibility index (Phi) is 6.29. The molecule has 0 aromatic carbocycles. The number of aromatic nitrogens is 1. The van der Waals surface area contributed by atoms with Crippen molar-refractivity contribution in [3.8, 4) is 0 Å². The minimum atomic E-state index is 0.0166. The summed E-state index contributed by atoms with van der Waals surface area (Å²) in [5.41, 5.74) is 2.25. The van der Waals surface area contributed by atoms with Gasteiger partial charge in [0.25, 0.3) is 0 Å². The van der Waals surface area contributed by atoms with Crippen LogP contribution in [0.15, 0.2) is 12.3 Å². The van der Waals surface area contributed by atoms with Crippen LogP contribution < -0.4 is 15.5 Å². The summed E-state index contributed by atoms with van der Waals surface area (Å²) in [6.07, 6.45) is 1.86. The molecule has 2 N–H and O–H groups in total. The Hall–Kier alpha value is -1.62. The van der Waals surface area contributed by atoms with E-state index in [9.17, 15) is 4.79 Å². The molecule has 1 aromatic rings. The van der Waals surface area contributed by atoms with Crippen LogP contribution in [0.1, 0.15) is 25.0 Å². The molecule has 0 saturated carbocycles. The first-order valence-corrected chi connectivity index (χ1v) is 6.72. The third-order valence-electron chi connectivity index (χ3n) is 2.80. The fourth-order valence-electron chi connectivity index (χ4n) is 1.93. The summed E-state index contributed by atoms with van der Waals surface area (Å²) >= 11 is 0. The maximum absolute atomic E-state index is 11.6. The minimum Gasteiger partial charge on any atom is -0.355 e. The van der Waals surface area contributed by atoms with Crippen molar-refractivity contribution in [2.24, 2.45) is 0 Å². The van der Waals surface area contributed by atoms with Crippen molar-refractivity contribution in [3.05, 3.63) is 23.4 Å². The van der Waals surface area contributed by atoms with Crippen molar-refractivity contribution < 1.29 is 4.79 Å². The Bertz CT molecular complexity index is 420. The number of carbonyl (C=O) groups excluding carboxylic acids is 1. The van der Waals surface area contributed by atoms with Crippen molar-refractivity contribution in [2.45, 2.75) is 27.3 Å². The van der Waals surface area contributed by atoms with Crippen molar-refractivity contribution in [2.75, 3.05) is 31.6 Å². The molecule has 0 aliphatic rings. The van der Waals surface area contributed by atoms with Gasteiger partial charge in [-0.25, -0.2) is 4.98 Å². The maximum Gasteiger partial charge on any atom is 0.239 e. The average Bonchev–Trinajstić information content (AvgIpc) is 2.36. The lowest BCUT2D eigenvalue weighted by molar-refractivity contribution is -0.119. The number of hydrogen-bond donors (Lipinski definition) is 2. The Labute approximate surface area is 115 Å². The minimum absolute atomic E-state index is 0.0166. The summed E-state index contributed by atoms with van der Waals surface area (Å²) in [5.74, 6) is 0.870. The van der Waals surface area contributed by atoms with Crippen LogP contribution in [-0.4, -0.2) is 37.6 Å². The molecule has 0 bridgehead atoms. The van der Waals surface area contributed by atoms with Gasteiger partial charge in [0.15, 0.2) is 0 Å². The number of aryl methyl sites for hydroxylation is 1. The van der Waals surface area contributed by atoms with E-state index >= 15 is 0 Å². The van der Waals surface area contributed by atoms with Crippen LogP contribution in [-0.2, 0) is 11.3 Å². The fraction of sp³-hybridized carbons (Fsp3) is 0.571. The third kappa shape index (κ3) is 4.87. The number of anilines is 1. The second-order valence-electron chi connectivity index (χ2n) is 4.57. The molecular formula is C14H24N4O. The van der Waals surface area contributed by atoms with E-state index in [1.807, 2.05) is 32.0 Å². The van der Waals surface area contributed by atoms with Crippen LogP contribution in [0.25, 0.3) is 0 Å². The third-order valence-corrected chi connectivity index (χ3v) is 2.80. The first kappa shape index (κ1) is 15.4. The molecule has 19 heavy (non-hydrogen) atoms. The monoisotopic (exact) mass is 264 g/mol. The molecule has 0 fully saturated rings. The molecule has 5 heteroatoms. The molecule has 0 unspecified atom stereocenters. The highest BCUT2D eigenvalue weighted by molar-refractivity contribution is 5.81. The Morgan fingerprint density at radius 2 is 2.11 bits per heavy atom. The van der Waals surface area contributed by atoms with Crippen LogP contribution in [0.3, 0.4) is 0 Å². The van der Waals surface area contributed by atoms with Crippen LogP contribution in [0.5, 0.6) is 0 Å². The number of carbonyl (C=O) groups is 1. The number of rotatable bonds is 7. The van der Waals surface area contributed by atoms with Gasteiger partial charge in [0.05, 0.1) is 6.54 Å². The molecule has 1 heterocycles. The summed E-state index contributed by atoms with van der Waals surface area (Å²) in [4.78, 5) is 17.9. The van der Waals surface area contributed by atoms with E-state index < -0.39 is 0 Å². The summed E-state index contributed by atoms with van der Waals surface area (Å²) in [6.45, 7) is 8.76. The smallest absolute Gasteiger partial charge is 0.239 e. The summed E-state index contributed by atoms with van der Waals surface area (Å²) in [7, 11) is 1.88. The predicted molar refractivity (Wildman–Crippen MR) is 78.3 cm³/mol. The van der Waals surface area contributed by atoms with E-state index in [0.717, 1.165) is 30.0 Å². The number of nitrogens with one attached hydrogen (secondary N) is 2. The molecule has 1 amide bonds. The van der Waals surface area contributed by atoms with Crippen LogP contribution in [0.2, 0.25) is 0 Å². The quantitative estimate of drug-likeness (QED) is 0.773. The van der Waals surface area contributed by atoms with Crippen LogP contribution in [0.4, 0.5) is 5.82 Å².